The van der Waals surface area contributed by atoms with Crippen LogP contribution in [0.15, 0.2) is 0 Å². The minimum absolute atomic E-state index is 0.909. The molecule has 0 atom stereocenters. The molecule has 3 fully saturated rings. The van der Waals surface area contributed by atoms with Gasteiger partial charge in [-0.2, -0.15) is 0 Å². The van der Waals surface area contributed by atoms with Crippen molar-refractivity contribution in [2.45, 2.75) is 0 Å². The van der Waals surface area contributed by atoms with Crippen molar-refractivity contribution in [3.05, 3.63) is 0 Å². The van der Waals surface area contributed by atoms with E-state index >= 15 is 0 Å². The summed E-state index contributed by atoms with van der Waals surface area (Å²) in [7, 11) is 0. The van der Waals surface area contributed by atoms with E-state index in [1.54, 1.807) is 0 Å². The van der Waals surface area contributed by atoms with Gasteiger partial charge in [-0.15, -0.1) is 0 Å². The van der Waals surface area contributed by atoms with Crippen molar-refractivity contribution in [1.29, 1.82) is 0 Å². The highest BCUT2D eigenvalue weighted by Gasteiger charge is 2.07. The molecule has 0 radical (unpaired) electrons. The molecule has 0 aromatic rings. The molecule has 3 aliphatic rings. The molecule has 0 spiro atoms. The topological polar surface area (TPSA) is 78.7 Å². The summed E-state index contributed by atoms with van der Waals surface area (Å²) >= 11 is 0. The van der Waals surface area contributed by atoms with E-state index in [0.29, 0.717) is 0 Å². The van der Waals surface area contributed by atoms with Gasteiger partial charge in [0, 0.05) is 39.3 Å². The van der Waals surface area contributed by atoms with E-state index in [2.05, 4.69) is 41.7 Å². The van der Waals surface area contributed by atoms with Gasteiger partial charge in [-0.05, 0) is 0 Å². The fraction of sp³-hybridized carbons (Fsp3) is 1.00. The lowest BCUT2D eigenvalue weighted by Gasteiger charge is -2.28. The summed E-state index contributed by atoms with van der Waals surface area (Å²) < 4.78 is 0. The summed E-state index contributed by atoms with van der Waals surface area (Å²) in [6.07, 6.45) is 0. The minimum atomic E-state index is 0.909. The average Bonchev–Trinajstić information content (AvgIpc) is 2.47. The first kappa shape index (κ1) is 16.1. The maximum atomic E-state index is 3.48. The number of fused-ring (bicyclic) bond motifs is 15. The number of hydrogen-bond acceptors (Lipinski definition) is 8. The van der Waals surface area contributed by atoms with Gasteiger partial charge in [0.05, 0.1) is 40.0 Å². The predicted molar refractivity (Wildman–Crippen MR) is 80.9 cm³/mol. The maximum absolute atomic E-state index is 3.48. The molecule has 0 aromatic carbocycles. The highest BCUT2D eigenvalue weighted by atomic mass is 15.4. The van der Waals surface area contributed by atoms with E-state index in [1.807, 2.05) is 0 Å². The first-order valence-corrected chi connectivity index (χ1v) is 7.64. The Morgan fingerprint density at radius 2 is 0.550 bits per heavy atom. The van der Waals surface area contributed by atoms with Crippen molar-refractivity contribution in [2.24, 2.45) is 0 Å². The number of hydrogen-bond donors (Lipinski definition) is 6. The molecule has 0 unspecified atom stereocenters. The molecular formula is C12H30N8. The molecule has 3 heterocycles. The molecule has 0 amide bonds. The second-order valence-electron chi connectivity index (χ2n) is 5.29. The Morgan fingerprint density at radius 1 is 0.350 bits per heavy atom. The first-order valence-electron chi connectivity index (χ1n) is 7.64. The zero-order valence-electron chi connectivity index (χ0n) is 12.4. The molecule has 0 aromatic heterocycles. The Bertz CT molecular complexity index is 177. The molecule has 6 N–H and O–H groups in total. The third-order valence-corrected chi connectivity index (χ3v) is 3.45. The summed E-state index contributed by atoms with van der Waals surface area (Å²) in [4.78, 5) is 4.70. The van der Waals surface area contributed by atoms with Crippen LogP contribution in [-0.4, -0.2) is 89.1 Å². The van der Waals surface area contributed by atoms with Crippen LogP contribution in [0.2, 0.25) is 0 Å². The number of nitrogens with zero attached hydrogens (tertiary/aromatic N) is 2. The van der Waals surface area contributed by atoms with E-state index in [4.69, 9.17) is 0 Å². The molecule has 8 nitrogen and oxygen atoms in total. The second kappa shape index (κ2) is 10.4. The smallest absolute Gasteiger partial charge is 0.0505 e. The summed E-state index contributed by atoms with van der Waals surface area (Å²) in [6.45, 7) is 11.4. The van der Waals surface area contributed by atoms with Crippen LogP contribution in [0.1, 0.15) is 0 Å². The maximum Gasteiger partial charge on any atom is 0.0505 e. The van der Waals surface area contributed by atoms with Crippen molar-refractivity contribution in [1.82, 2.24) is 41.7 Å². The summed E-state index contributed by atoms with van der Waals surface area (Å²) in [5.74, 6) is 0. The summed E-state index contributed by atoms with van der Waals surface area (Å²) in [5, 5.41) is 20.9. The molecule has 0 saturated carbocycles. The molecule has 3 aliphatic heterocycles. The Labute approximate surface area is 122 Å². The van der Waals surface area contributed by atoms with E-state index in [1.165, 1.54) is 0 Å². The minimum Gasteiger partial charge on any atom is -0.303 e. The van der Waals surface area contributed by atoms with Crippen molar-refractivity contribution in [2.75, 3.05) is 79.3 Å². The van der Waals surface area contributed by atoms with Gasteiger partial charge in [0.15, 0.2) is 0 Å². The van der Waals surface area contributed by atoms with Gasteiger partial charge in [0.25, 0.3) is 0 Å². The van der Waals surface area contributed by atoms with Gasteiger partial charge in [0.2, 0.25) is 0 Å². The van der Waals surface area contributed by atoms with Gasteiger partial charge < -0.3 is 31.9 Å². The van der Waals surface area contributed by atoms with Crippen LogP contribution in [0.3, 0.4) is 0 Å². The Kier molecular flexibility index (Phi) is 8.36. The monoisotopic (exact) mass is 286 g/mol. The van der Waals surface area contributed by atoms with E-state index in [9.17, 15) is 0 Å². The molecule has 3 saturated heterocycles. The van der Waals surface area contributed by atoms with Crippen LogP contribution < -0.4 is 31.9 Å². The van der Waals surface area contributed by atoms with E-state index in [-0.39, 0.29) is 0 Å². The molecule has 3 rings (SSSR count). The van der Waals surface area contributed by atoms with Gasteiger partial charge in [-0.3, -0.25) is 9.80 Å². The van der Waals surface area contributed by atoms with Crippen molar-refractivity contribution < 1.29 is 0 Å². The summed E-state index contributed by atoms with van der Waals surface area (Å²) in [5.41, 5.74) is 0. The van der Waals surface area contributed by atoms with Gasteiger partial charge in [-0.25, -0.2) is 0 Å². The highest BCUT2D eigenvalue weighted by molar-refractivity contribution is 4.63. The second-order valence-corrected chi connectivity index (χ2v) is 5.29. The van der Waals surface area contributed by atoms with Crippen molar-refractivity contribution in [3.8, 4) is 0 Å². The standard InChI is InChI=1S/C12H30N8/c1-2-14-8-20-11-17-5-3-15-9-19(7-13-1)10-16-4-6-18-12-20/h13-18H,1-12H2. The van der Waals surface area contributed by atoms with Crippen LogP contribution >= 0.6 is 0 Å². The zero-order valence-corrected chi connectivity index (χ0v) is 12.4. The molecule has 2 bridgehead atoms. The van der Waals surface area contributed by atoms with Gasteiger partial charge >= 0.3 is 0 Å². The largest absolute Gasteiger partial charge is 0.303 e. The average molecular weight is 286 g/mol. The van der Waals surface area contributed by atoms with E-state index < -0.39 is 0 Å². The normalized spacial score (nSPS) is 32.4. The van der Waals surface area contributed by atoms with Crippen LogP contribution in [0, 0.1) is 0 Å². The number of rotatable bonds is 0. The lowest BCUT2D eigenvalue weighted by molar-refractivity contribution is 0.191. The predicted octanol–water partition coefficient (Wildman–Crippen LogP) is -3.10. The van der Waals surface area contributed by atoms with Gasteiger partial charge in [-0.1, -0.05) is 0 Å². The first-order chi connectivity index (χ1) is 9.95. The van der Waals surface area contributed by atoms with Crippen LogP contribution in [0.25, 0.3) is 0 Å². The third kappa shape index (κ3) is 6.91. The van der Waals surface area contributed by atoms with Crippen molar-refractivity contribution >= 4 is 0 Å². The Morgan fingerprint density at radius 3 is 0.750 bits per heavy atom. The fourth-order valence-corrected chi connectivity index (χ4v) is 2.29. The van der Waals surface area contributed by atoms with Gasteiger partial charge in [0.1, 0.15) is 0 Å². The third-order valence-electron chi connectivity index (χ3n) is 3.45. The summed E-state index contributed by atoms with van der Waals surface area (Å²) in [6, 6.07) is 0. The zero-order chi connectivity index (χ0) is 13.9. The molecule has 8 heteroatoms. The molecule has 118 valence electrons. The Hall–Kier alpha value is -0.320. The van der Waals surface area contributed by atoms with Crippen LogP contribution in [0.4, 0.5) is 0 Å². The molecule has 0 aliphatic carbocycles. The SMILES string of the molecule is C1CNCN2CNCCNCN(CN1)CNCCNC2. The van der Waals surface area contributed by atoms with Crippen molar-refractivity contribution in [3.63, 3.8) is 0 Å². The molecule has 20 heavy (non-hydrogen) atoms. The quantitative estimate of drug-likeness (QED) is 0.280. The highest BCUT2D eigenvalue weighted by Crippen LogP contribution is 1.84. The lowest BCUT2D eigenvalue weighted by atomic mass is 10.5. The number of nitrogens with one attached hydrogen (secondary N) is 6. The Balaban J connectivity index is 1.89. The van der Waals surface area contributed by atoms with Crippen LogP contribution in [-0.2, 0) is 0 Å². The fourth-order valence-electron chi connectivity index (χ4n) is 2.29. The van der Waals surface area contributed by atoms with Crippen LogP contribution in [0.5, 0.6) is 0 Å². The molecular weight excluding hydrogens is 256 g/mol. The lowest BCUT2D eigenvalue weighted by Crippen LogP contribution is -2.52. The van der Waals surface area contributed by atoms with E-state index in [0.717, 1.165) is 79.3 Å².